The minimum atomic E-state index is -4.40. The molecule has 3 nitrogen and oxygen atoms in total. The van der Waals surface area contributed by atoms with Crippen molar-refractivity contribution in [1.29, 1.82) is 0 Å². The number of nitrogens with zero attached hydrogens (tertiary/aromatic N) is 1. The summed E-state index contributed by atoms with van der Waals surface area (Å²) in [7, 11) is 0. The highest BCUT2D eigenvalue weighted by atomic mass is 19.4. The number of hydrogen-bond acceptors (Lipinski definition) is 2. The molecule has 0 saturated heterocycles. The van der Waals surface area contributed by atoms with Gasteiger partial charge in [-0.25, -0.2) is 0 Å². The van der Waals surface area contributed by atoms with Gasteiger partial charge in [-0.05, 0) is 48.5 Å². The molecule has 2 aromatic carbocycles. The van der Waals surface area contributed by atoms with Crippen molar-refractivity contribution < 1.29 is 18.0 Å². The van der Waals surface area contributed by atoms with Crippen molar-refractivity contribution in [3.63, 3.8) is 0 Å². The zero-order chi connectivity index (χ0) is 19.2. The quantitative estimate of drug-likeness (QED) is 0.786. The first-order chi connectivity index (χ1) is 12.3. The lowest BCUT2D eigenvalue weighted by Crippen LogP contribution is -2.26. The van der Waals surface area contributed by atoms with E-state index >= 15 is 0 Å². The second-order valence-electron chi connectivity index (χ2n) is 5.99. The van der Waals surface area contributed by atoms with Crippen LogP contribution >= 0.6 is 0 Å². The lowest BCUT2D eigenvalue weighted by Gasteiger charge is -2.20. The second kappa shape index (κ2) is 8.85. The van der Waals surface area contributed by atoms with Crippen molar-refractivity contribution in [2.24, 2.45) is 0 Å². The third-order valence-electron chi connectivity index (χ3n) is 4.32. The van der Waals surface area contributed by atoms with Gasteiger partial charge >= 0.3 is 6.18 Å². The predicted molar refractivity (Wildman–Crippen MR) is 95.7 cm³/mol. The summed E-state index contributed by atoms with van der Waals surface area (Å²) >= 11 is 0. The summed E-state index contributed by atoms with van der Waals surface area (Å²) in [6.07, 6.45) is -4.40. The maximum absolute atomic E-state index is 12.6. The van der Waals surface area contributed by atoms with E-state index in [9.17, 15) is 18.0 Å². The lowest BCUT2D eigenvalue weighted by molar-refractivity contribution is -0.137. The van der Waals surface area contributed by atoms with Crippen molar-refractivity contribution >= 4 is 5.91 Å². The standard InChI is InChI=1S/C20H23F3N2O/c1-3-25(4-2)14-17-8-6-5-7-16(17)13-24-19(26)15-9-11-18(12-10-15)20(21,22)23/h5-12H,3-4,13-14H2,1-2H3,(H,24,26). The summed E-state index contributed by atoms with van der Waals surface area (Å²) in [4.78, 5) is 14.5. The first-order valence-electron chi connectivity index (χ1n) is 8.59. The van der Waals surface area contributed by atoms with Crippen LogP contribution in [0.2, 0.25) is 0 Å². The Bertz CT molecular complexity index is 723. The van der Waals surface area contributed by atoms with Crippen LogP contribution in [0.25, 0.3) is 0 Å². The molecule has 0 aromatic heterocycles. The van der Waals surface area contributed by atoms with E-state index in [2.05, 4.69) is 24.1 Å². The summed E-state index contributed by atoms with van der Waals surface area (Å²) in [5.74, 6) is -0.392. The fourth-order valence-electron chi connectivity index (χ4n) is 2.66. The van der Waals surface area contributed by atoms with Crippen molar-refractivity contribution in [1.82, 2.24) is 10.2 Å². The molecule has 0 fully saturated rings. The van der Waals surface area contributed by atoms with Crippen LogP contribution in [0.1, 0.15) is 40.9 Å². The highest BCUT2D eigenvalue weighted by Gasteiger charge is 2.30. The zero-order valence-electron chi connectivity index (χ0n) is 14.9. The Morgan fingerprint density at radius 3 is 2.08 bits per heavy atom. The van der Waals surface area contributed by atoms with E-state index in [1.807, 2.05) is 24.3 Å². The minimum absolute atomic E-state index is 0.208. The molecule has 0 atom stereocenters. The molecule has 0 saturated carbocycles. The molecule has 2 rings (SSSR count). The molecule has 0 spiro atoms. The van der Waals surface area contributed by atoms with E-state index in [0.717, 1.165) is 42.9 Å². The molecule has 0 aliphatic heterocycles. The molecule has 140 valence electrons. The SMILES string of the molecule is CCN(CC)Cc1ccccc1CNC(=O)c1ccc(C(F)(F)F)cc1. The van der Waals surface area contributed by atoms with Gasteiger partial charge < -0.3 is 5.32 Å². The van der Waals surface area contributed by atoms with Gasteiger partial charge in [-0.1, -0.05) is 38.1 Å². The van der Waals surface area contributed by atoms with Gasteiger partial charge in [0.25, 0.3) is 5.91 Å². The third-order valence-corrected chi connectivity index (χ3v) is 4.32. The highest BCUT2D eigenvalue weighted by Crippen LogP contribution is 2.29. The molecule has 0 aliphatic rings. The van der Waals surface area contributed by atoms with E-state index in [0.29, 0.717) is 6.54 Å². The molecule has 6 heteroatoms. The fourth-order valence-corrected chi connectivity index (χ4v) is 2.66. The van der Waals surface area contributed by atoms with Gasteiger partial charge in [-0.3, -0.25) is 9.69 Å². The molecule has 26 heavy (non-hydrogen) atoms. The Morgan fingerprint density at radius 2 is 1.54 bits per heavy atom. The number of hydrogen-bond donors (Lipinski definition) is 1. The van der Waals surface area contributed by atoms with E-state index in [1.165, 1.54) is 12.1 Å². The number of carbonyl (C=O) groups is 1. The topological polar surface area (TPSA) is 32.3 Å². The summed E-state index contributed by atoms with van der Waals surface area (Å²) in [5.41, 5.74) is 1.57. The highest BCUT2D eigenvalue weighted by molar-refractivity contribution is 5.94. The van der Waals surface area contributed by atoms with Gasteiger partial charge in [0.2, 0.25) is 0 Å². The molecule has 1 N–H and O–H groups in total. The monoisotopic (exact) mass is 364 g/mol. The molecule has 0 heterocycles. The smallest absolute Gasteiger partial charge is 0.348 e. The number of halogens is 3. The summed E-state index contributed by atoms with van der Waals surface area (Å²) < 4.78 is 37.8. The summed E-state index contributed by atoms with van der Waals surface area (Å²) in [6.45, 7) is 7.18. The first kappa shape index (κ1) is 20.0. The van der Waals surface area contributed by atoms with Crippen LogP contribution in [0, 0.1) is 0 Å². The van der Waals surface area contributed by atoms with Crippen molar-refractivity contribution in [2.45, 2.75) is 33.1 Å². The van der Waals surface area contributed by atoms with Crippen LogP contribution in [0.3, 0.4) is 0 Å². The largest absolute Gasteiger partial charge is 0.416 e. The normalized spacial score (nSPS) is 11.6. The molecule has 2 aromatic rings. The summed E-state index contributed by atoms with van der Waals surface area (Å²) in [5, 5.41) is 2.78. The first-order valence-corrected chi connectivity index (χ1v) is 8.59. The van der Waals surface area contributed by atoms with E-state index in [4.69, 9.17) is 0 Å². The van der Waals surface area contributed by atoms with Crippen LogP contribution in [-0.2, 0) is 19.3 Å². The number of nitrogens with one attached hydrogen (secondary N) is 1. The van der Waals surface area contributed by atoms with E-state index in [-0.39, 0.29) is 5.56 Å². The van der Waals surface area contributed by atoms with Gasteiger partial charge in [0.15, 0.2) is 0 Å². The number of amides is 1. The average Bonchev–Trinajstić information content (AvgIpc) is 2.64. The molecular formula is C20H23F3N2O. The Morgan fingerprint density at radius 1 is 0.962 bits per heavy atom. The van der Waals surface area contributed by atoms with Crippen LogP contribution in [0.15, 0.2) is 48.5 Å². The minimum Gasteiger partial charge on any atom is -0.348 e. The Balaban J connectivity index is 2.03. The van der Waals surface area contributed by atoms with Gasteiger partial charge in [0.05, 0.1) is 5.56 Å². The number of benzene rings is 2. The van der Waals surface area contributed by atoms with E-state index in [1.54, 1.807) is 0 Å². The Kier molecular flexibility index (Phi) is 6.80. The predicted octanol–water partition coefficient (Wildman–Crippen LogP) is 4.48. The maximum atomic E-state index is 12.6. The van der Waals surface area contributed by atoms with Gasteiger partial charge in [-0.2, -0.15) is 13.2 Å². The maximum Gasteiger partial charge on any atom is 0.416 e. The van der Waals surface area contributed by atoms with Crippen LogP contribution in [-0.4, -0.2) is 23.9 Å². The Hall–Kier alpha value is -2.34. The zero-order valence-corrected chi connectivity index (χ0v) is 14.9. The van der Waals surface area contributed by atoms with Crippen molar-refractivity contribution in [3.8, 4) is 0 Å². The summed E-state index contributed by atoms with van der Waals surface area (Å²) in [6, 6.07) is 12.1. The van der Waals surface area contributed by atoms with Crippen LogP contribution in [0.4, 0.5) is 13.2 Å². The van der Waals surface area contributed by atoms with Crippen molar-refractivity contribution in [3.05, 3.63) is 70.8 Å². The van der Waals surface area contributed by atoms with Gasteiger partial charge in [-0.15, -0.1) is 0 Å². The molecule has 0 aliphatic carbocycles. The Labute approximate surface area is 151 Å². The fraction of sp³-hybridized carbons (Fsp3) is 0.350. The molecular weight excluding hydrogens is 341 g/mol. The van der Waals surface area contributed by atoms with Crippen LogP contribution in [0.5, 0.6) is 0 Å². The molecule has 1 amide bonds. The molecule has 0 bridgehead atoms. The van der Waals surface area contributed by atoms with Crippen LogP contribution < -0.4 is 5.32 Å². The number of rotatable bonds is 7. The molecule has 0 radical (unpaired) electrons. The van der Waals surface area contributed by atoms with Crippen molar-refractivity contribution in [2.75, 3.05) is 13.1 Å². The number of alkyl halides is 3. The average molecular weight is 364 g/mol. The van der Waals surface area contributed by atoms with E-state index < -0.39 is 17.6 Å². The molecule has 0 unspecified atom stereocenters. The van der Waals surface area contributed by atoms with Gasteiger partial charge in [0, 0.05) is 18.7 Å². The lowest BCUT2D eigenvalue weighted by atomic mass is 10.1. The van der Waals surface area contributed by atoms with Gasteiger partial charge in [0.1, 0.15) is 0 Å². The number of carbonyl (C=O) groups excluding carboxylic acids is 1. The second-order valence-corrected chi connectivity index (χ2v) is 5.99. The third kappa shape index (κ3) is 5.33.